The molecule has 0 atom stereocenters. The molecule has 0 radical (unpaired) electrons. The topological polar surface area (TPSA) is 126 Å². The molecule has 5 aromatic rings. The highest BCUT2D eigenvalue weighted by atomic mass is 35.5. The SMILES string of the molecule is Cc1nc(-c2c(Cl)c3ccccc3n2-c2ccc(CNC(=O)C3(NC(=O)c4cccc(C#N)c4)CC3)cc2)no1. The molecule has 1 saturated carbocycles. The monoisotopic (exact) mass is 550 g/mol. The number of amides is 2. The normalized spacial score (nSPS) is 13.5. The summed E-state index contributed by atoms with van der Waals surface area (Å²) in [5, 5.41) is 20.4. The number of rotatable bonds is 7. The first-order valence-electron chi connectivity index (χ1n) is 12.7. The number of aromatic nitrogens is 3. The number of fused-ring (bicyclic) bond motifs is 1. The van der Waals surface area contributed by atoms with Gasteiger partial charge in [-0.15, -0.1) is 0 Å². The fraction of sp³-hybridized carbons (Fsp3) is 0.167. The van der Waals surface area contributed by atoms with Crippen molar-refractivity contribution >= 4 is 34.3 Å². The van der Waals surface area contributed by atoms with E-state index < -0.39 is 5.54 Å². The Hall–Kier alpha value is -4.94. The van der Waals surface area contributed by atoms with Crippen molar-refractivity contribution in [2.45, 2.75) is 31.8 Å². The molecule has 10 heteroatoms. The summed E-state index contributed by atoms with van der Waals surface area (Å²) >= 11 is 6.78. The van der Waals surface area contributed by atoms with Gasteiger partial charge in [0.25, 0.3) is 5.91 Å². The zero-order chi connectivity index (χ0) is 27.9. The number of hydrogen-bond donors (Lipinski definition) is 2. The Labute approximate surface area is 234 Å². The third kappa shape index (κ3) is 4.59. The number of para-hydroxylation sites is 1. The number of halogens is 1. The molecule has 0 aliphatic heterocycles. The molecule has 6 rings (SSSR count). The van der Waals surface area contributed by atoms with E-state index in [4.69, 9.17) is 21.4 Å². The fourth-order valence-corrected chi connectivity index (χ4v) is 5.06. The second kappa shape index (κ2) is 9.98. The highest BCUT2D eigenvalue weighted by Gasteiger charge is 2.51. The molecule has 0 saturated heterocycles. The number of nitriles is 1. The molecule has 3 aromatic carbocycles. The molecule has 0 unspecified atom stereocenters. The molecule has 40 heavy (non-hydrogen) atoms. The number of hydrogen-bond acceptors (Lipinski definition) is 6. The molecule has 0 spiro atoms. The van der Waals surface area contributed by atoms with Crippen LogP contribution in [-0.4, -0.2) is 32.1 Å². The van der Waals surface area contributed by atoms with E-state index in [1.54, 1.807) is 25.1 Å². The maximum absolute atomic E-state index is 13.0. The van der Waals surface area contributed by atoms with Gasteiger partial charge in [-0.05, 0) is 54.8 Å². The number of benzene rings is 3. The summed E-state index contributed by atoms with van der Waals surface area (Å²) in [5.41, 5.74) is 3.08. The third-order valence-corrected chi connectivity index (χ3v) is 7.37. The molecular weight excluding hydrogens is 528 g/mol. The first kappa shape index (κ1) is 25.3. The smallest absolute Gasteiger partial charge is 0.252 e. The lowest BCUT2D eigenvalue weighted by Crippen LogP contribution is -2.48. The van der Waals surface area contributed by atoms with Crippen molar-refractivity contribution in [2.24, 2.45) is 0 Å². The molecule has 9 nitrogen and oxygen atoms in total. The van der Waals surface area contributed by atoms with Crippen LogP contribution in [0.1, 0.15) is 40.2 Å². The maximum Gasteiger partial charge on any atom is 0.252 e. The number of carbonyl (C=O) groups excluding carboxylic acids is 2. The molecule has 2 heterocycles. The van der Waals surface area contributed by atoms with Crippen LogP contribution in [0.2, 0.25) is 5.02 Å². The minimum atomic E-state index is -0.932. The van der Waals surface area contributed by atoms with E-state index in [0.717, 1.165) is 22.2 Å². The molecule has 2 amide bonds. The van der Waals surface area contributed by atoms with Gasteiger partial charge in [0.15, 0.2) is 0 Å². The summed E-state index contributed by atoms with van der Waals surface area (Å²) in [6.07, 6.45) is 1.11. The van der Waals surface area contributed by atoms with Crippen LogP contribution in [0.5, 0.6) is 0 Å². The van der Waals surface area contributed by atoms with Gasteiger partial charge < -0.3 is 19.7 Å². The molecule has 1 aliphatic carbocycles. The average Bonchev–Trinajstić information content (AvgIpc) is 3.55. The van der Waals surface area contributed by atoms with Crippen molar-refractivity contribution in [1.29, 1.82) is 5.26 Å². The van der Waals surface area contributed by atoms with Crippen LogP contribution < -0.4 is 10.6 Å². The van der Waals surface area contributed by atoms with Crippen molar-refractivity contribution in [3.8, 4) is 23.3 Å². The molecule has 1 fully saturated rings. The molecule has 2 N–H and O–H groups in total. The van der Waals surface area contributed by atoms with Crippen LogP contribution in [0.15, 0.2) is 77.3 Å². The minimum absolute atomic E-state index is 0.237. The largest absolute Gasteiger partial charge is 0.350 e. The van der Waals surface area contributed by atoms with Gasteiger partial charge >= 0.3 is 0 Å². The Morgan fingerprint density at radius 2 is 1.88 bits per heavy atom. The van der Waals surface area contributed by atoms with Gasteiger partial charge in [0.05, 0.1) is 22.2 Å². The zero-order valence-corrected chi connectivity index (χ0v) is 22.2. The first-order valence-corrected chi connectivity index (χ1v) is 13.1. The van der Waals surface area contributed by atoms with Crippen LogP contribution in [0.3, 0.4) is 0 Å². The third-order valence-electron chi connectivity index (χ3n) is 6.99. The molecular formula is C30H23ClN6O3. The predicted molar refractivity (Wildman–Crippen MR) is 149 cm³/mol. The molecule has 2 aromatic heterocycles. The van der Waals surface area contributed by atoms with Crippen LogP contribution in [0.25, 0.3) is 28.1 Å². The lowest BCUT2D eigenvalue weighted by molar-refractivity contribution is -0.124. The Morgan fingerprint density at radius 1 is 1.10 bits per heavy atom. The van der Waals surface area contributed by atoms with Gasteiger partial charge in [0.1, 0.15) is 11.2 Å². The van der Waals surface area contributed by atoms with Crippen molar-refractivity contribution in [1.82, 2.24) is 25.3 Å². The highest BCUT2D eigenvalue weighted by Crippen LogP contribution is 2.39. The van der Waals surface area contributed by atoms with Gasteiger partial charge in [0.2, 0.25) is 17.6 Å². The lowest BCUT2D eigenvalue weighted by atomic mass is 10.1. The summed E-state index contributed by atoms with van der Waals surface area (Å²) in [5.74, 6) is 0.221. The van der Waals surface area contributed by atoms with Crippen LogP contribution >= 0.6 is 11.6 Å². The van der Waals surface area contributed by atoms with E-state index in [2.05, 4.69) is 20.8 Å². The number of nitrogens with one attached hydrogen (secondary N) is 2. The van der Waals surface area contributed by atoms with Crippen molar-refractivity contribution < 1.29 is 14.1 Å². The van der Waals surface area contributed by atoms with Gasteiger partial charge in [-0.3, -0.25) is 9.59 Å². The Balaban J connectivity index is 1.19. The second-order valence-electron chi connectivity index (χ2n) is 9.73. The molecule has 198 valence electrons. The summed E-state index contributed by atoms with van der Waals surface area (Å²) < 4.78 is 7.20. The van der Waals surface area contributed by atoms with Gasteiger partial charge in [-0.2, -0.15) is 10.2 Å². The van der Waals surface area contributed by atoms with E-state index in [9.17, 15) is 9.59 Å². The Kier molecular flexibility index (Phi) is 6.33. The van der Waals surface area contributed by atoms with Crippen LogP contribution in [0.4, 0.5) is 0 Å². The zero-order valence-electron chi connectivity index (χ0n) is 21.4. The van der Waals surface area contributed by atoms with Crippen LogP contribution in [0, 0.1) is 18.3 Å². The Bertz CT molecular complexity index is 1810. The maximum atomic E-state index is 13.0. The minimum Gasteiger partial charge on any atom is -0.350 e. The first-order chi connectivity index (χ1) is 19.4. The van der Waals surface area contributed by atoms with Gasteiger partial charge in [-0.1, -0.05) is 53.2 Å². The summed E-state index contributed by atoms with van der Waals surface area (Å²) in [7, 11) is 0. The van der Waals surface area contributed by atoms with E-state index in [1.807, 2.05) is 59.2 Å². The summed E-state index contributed by atoms with van der Waals surface area (Å²) in [6.45, 7) is 2.02. The summed E-state index contributed by atoms with van der Waals surface area (Å²) in [6, 6.07) is 24.0. The van der Waals surface area contributed by atoms with E-state index >= 15 is 0 Å². The number of nitrogens with zero attached hydrogens (tertiary/aromatic N) is 4. The van der Waals surface area contributed by atoms with Crippen molar-refractivity contribution in [2.75, 3.05) is 0 Å². The average molecular weight is 551 g/mol. The number of aryl methyl sites for hydroxylation is 1. The quantitative estimate of drug-likeness (QED) is 0.290. The molecule has 1 aliphatic rings. The predicted octanol–water partition coefficient (Wildman–Crippen LogP) is 5.09. The van der Waals surface area contributed by atoms with Crippen molar-refractivity contribution in [3.05, 3.63) is 100 Å². The van der Waals surface area contributed by atoms with Gasteiger partial charge in [0, 0.05) is 30.1 Å². The molecule has 0 bridgehead atoms. The Morgan fingerprint density at radius 3 is 2.58 bits per heavy atom. The fourth-order valence-electron chi connectivity index (χ4n) is 4.73. The number of carbonyl (C=O) groups is 2. The summed E-state index contributed by atoms with van der Waals surface area (Å²) in [4.78, 5) is 30.1. The van der Waals surface area contributed by atoms with Crippen LogP contribution in [-0.2, 0) is 11.3 Å². The highest BCUT2D eigenvalue weighted by molar-refractivity contribution is 6.38. The standard InChI is InChI=1S/C30H23ClN6O3/c1-18-34-27(36-40-18)26-25(31)23-7-2-3-8-24(23)37(26)22-11-9-19(10-12-22)17-33-29(39)30(13-14-30)35-28(38)21-6-4-5-20(15-21)16-32/h2-12,15H,13-14,17H2,1H3,(H,33,39)(H,35,38). The van der Waals surface area contributed by atoms with E-state index in [-0.39, 0.29) is 11.8 Å². The second-order valence-corrected chi connectivity index (χ2v) is 10.1. The van der Waals surface area contributed by atoms with E-state index in [0.29, 0.717) is 52.9 Å². The van der Waals surface area contributed by atoms with Crippen molar-refractivity contribution in [3.63, 3.8) is 0 Å². The lowest BCUT2D eigenvalue weighted by Gasteiger charge is -2.17. The van der Waals surface area contributed by atoms with E-state index in [1.165, 1.54) is 6.07 Å². The van der Waals surface area contributed by atoms with Gasteiger partial charge in [-0.25, -0.2) is 0 Å².